The van der Waals surface area contributed by atoms with E-state index in [0.717, 1.165) is 18.7 Å². The van der Waals surface area contributed by atoms with Crippen LogP contribution in [0.15, 0.2) is 19.7 Å². The van der Waals surface area contributed by atoms with Gasteiger partial charge in [-0.3, -0.25) is 0 Å². The third kappa shape index (κ3) is 5.21. The van der Waals surface area contributed by atoms with E-state index in [1.165, 1.54) is 29.8 Å². The molecule has 0 aliphatic heterocycles. The van der Waals surface area contributed by atoms with Crippen molar-refractivity contribution in [3.8, 4) is 0 Å². The fourth-order valence-electron chi connectivity index (χ4n) is 1.23. The average Bonchev–Trinajstić information content (AvgIpc) is 2.94. The van der Waals surface area contributed by atoms with Gasteiger partial charge in [-0.25, -0.2) is 9.59 Å². The molecule has 0 fully saturated rings. The van der Waals surface area contributed by atoms with Gasteiger partial charge in [0, 0.05) is 0 Å². The van der Waals surface area contributed by atoms with Crippen molar-refractivity contribution in [2.45, 2.75) is 13.8 Å². The van der Waals surface area contributed by atoms with Gasteiger partial charge in [-0.05, 0) is 69.0 Å². The Morgan fingerprint density at radius 1 is 1.05 bits per heavy atom. The highest BCUT2D eigenvalue weighted by molar-refractivity contribution is 9.11. The van der Waals surface area contributed by atoms with Crippen molar-refractivity contribution < 1.29 is 19.4 Å². The number of aromatic carboxylic acids is 1. The molecule has 0 unspecified atom stereocenters. The van der Waals surface area contributed by atoms with Gasteiger partial charge in [-0.15, -0.1) is 22.7 Å². The van der Waals surface area contributed by atoms with Crippen LogP contribution in [0.2, 0.25) is 0 Å². The summed E-state index contributed by atoms with van der Waals surface area (Å²) in [5.41, 5.74) is 2.04. The summed E-state index contributed by atoms with van der Waals surface area (Å²) in [6.45, 7) is 3.81. The van der Waals surface area contributed by atoms with Crippen molar-refractivity contribution in [1.82, 2.24) is 0 Å². The van der Waals surface area contributed by atoms with Gasteiger partial charge < -0.3 is 9.84 Å². The zero-order valence-electron chi connectivity index (χ0n) is 11.4. The summed E-state index contributed by atoms with van der Waals surface area (Å²) in [4.78, 5) is 22.3. The number of carbonyl (C=O) groups excluding carboxylic acids is 1. The fourth-order valence-corrected chi connectivity index (χ4v) is 4.05. The molecular formula is C13H12Br2O4S2. The molecule has 8 heteroatoms. The molecule has 1 N–H and O–H groups in total. The molecular weight excluding hydrogens is 444 g/mol. The molecule has 0 saturated heterocycles. The Labute approximate surface area is 147 Å². The molecule has 0 spiro atoms. The van der Waals surface area contributed by atoms with Gasteiger partial charge in [-0.1, -0.05) is 0 Å². The maximum atomic E-state index is 10.9. The van der Waals surface area contributed by atoms with Crippen molar-refractivity contribution in [2.75, 3.05) is 7.11 Å². The molecule has 0 aromatic carbocycles. The number of esters is 1. The van der Waals surface area contributed by atoms with Crippen LogP contribution in [0.5, 0.6) is 0 Å². The first-order chi connectivity index (χ1) is 9.76. The maximum absolute atomic E-state index is 10.9. The Bertz CT molecular complexity index is 622. The molecule has 0 radical (unpaired) electrons. The van der Waals surface area contributed by atoms with E-state index in [0.29, 0.717) is 9.75 Å². The zero-order chi connectivity index (χ0) is 16.2. The molecule has 2 aromatic rings. The Kier molecular flexibility index (Phi) is 7.05. The normalized spacial score (nSPS) is 9.76. The molecule has 2 rings (SSSR count). The summed E-state index contributed by atoms with van der Waals surface area (Å²) in [6, 6.07) is 3.46. The standard InChI is InChI=1S/C7H7BrO2S.C6H5BrO2S/c1-4-3-5(7(9)10-2)11-6(4)8;1-3-2-4(6(8)9)10-5(3)7/h3H,1-2H3;2H,1H3,(H,8,9). The lowest BCUT2D eigenvalue weighted by atomic mass is 10.3. The van der Waals surface area contributed by atoms with E-state index < -0.39 is 5.97 Å². The number of hydrogen-bond donors (Lipinski definition) is 1. The van der Waals surface area contributed by atoms with Crippen molar-refractivity contribution in [2.24, 2.45) is 0 Å². The molecule has 0 saturated carbocycles. The van der Waals surface area contributed by atoms with Gasteiger partial charge in [0.25, 0.3) is 0 Å². The maximum Gasteiger partial charge on any atom is 0.348 e. The molecule has 114 valence electrons. The van der Waals surface area contributed by atoms with Gasteiger partial charge in [0.15, 0.2) is 0 Å². The van der Waals surface area contributed by atoms with Gasteiger partial charge in [0.05, 0.1) is 14.7 Å². The van der Waals surface area contributed by atoms with Crippen LogP contribution in [0.4, 0.5) is 0 Å². The number of carbonyl (C=O) groups is 2. The van der Waals surface area contributed by atoms with Crippen LogP contribution in [-0.4, -0.2) is 24.2 Å². The molecule has 0 aliphatic carbocycles. The summed E-state index contributed by atoms with van der Waals surface area (Å²) in [5, 5.41) is 8.51. The second kappa shape index (κ2) is 8.07. The molecule has 2 heterocycles. The van der Waals surface area contributed by atoms with Gasteiger partial charge in [0.2, 0.25) is 0 Å². The summed E-state index contributed by atoms with van der Waals surface area (Å²) in [5.74, 6) is -1.14. The summed E-state index contributed by atoms with van der Waals surface area (Å²) >= 11 is 9.19. The van der Waals surface area contributed by atoms with Crippen molar-refractivity contribution in [1.29, 1.82) is 0 Å². The highest BCUT2D eigenvalue weighted by Crippen LogP contribution is 2.28. The first kappa shape index (κ1) is 18.3. The topological polar surface area (TPSA) is 63.6 Å². The van der Waals surface area contributed by atoms with Crippen molar-refractivity contribution in [3.05, 3.63) is 40.6 Å². The monoisotopic (exact) mass is 454 g/mol. The number of aryl methyl sites for hydroxylation is 2. The predicted molar refractivity (Wildman–Crippen MR) is 91.8 cm³/mol. The lowest BCUT2D eigenvalue weighted by Crippen LogP contribution is -1.96. The minimum Gasteiger partial charge on any atom is -0.477 e. The molecule has 0 atom stereocenters. The van der Waals surface area contributed by atoms with E-state index in [2.05, 4.69) is 36.6 Å². The lowest BCUT2D eigenvalue weighted by Gasteiger charge is -1.90. The number of rotatable bonds is 2. The van der Waals surface area contributed by atoms with E-state index >= 15 is 0 Å². The van der Waals surface area contributed by atoms with Crippen LogP contribution in [-0.2, 0) is 4.74 Å². The SMILES string of the molecule is COC(=O)c1cc(C)c(Br)s1.Cc1cc(C(=O)O)sc1Br. The van der Waals surface area contributed by atoms with Gasteiger partial charge >= 0.3 is 11.9 Å². The van der Waals surface area contributed by atoms with E-state index in [-0.39, 0.29) is 5.97 Å². The minimum absolute atomic E-state index is 0.274. The molecule has 0 aliphatic rings. The van der Waals surface area contributed by atoms with Crippen LogP contribution in [0.25, 0.3) is 0 Å². The number of carboxylic acids is 1. The predicted octanol–water partition coefficient (Wildman–Crippen LogP) is 5.12. The van der Waals surface area contributed by atoms with Crippen molar-refractivity contribution in [3.63, 3.8) is 0 Å². The van der Waals surface area contributed by atoms with Gasteiger partial charge in [0.1, 0.15) is 9.75 Å². The highest BCUT2D eigenvalue weighted by Gasteiger charge is 2.10. The van der Waals surface area contributed by atoms with Gasteiger partial charge in [-0.2, -0.15) is 0 Å². The number of carboxylic acid groups (broad SMARTS) is 1. The van der Waals surface area contributed by atoms with Crippen LogP contribution in [0.3, 0.4) is 0 Å². The van der Waals surface area contributed by atoms with Crippen LogP contribution in [0.1, 0.15) is 30.5 Å². The number of thiophene rings is 2. The van der Waals surface area contributed by atoms with Crippen LogP contribution in [0, 0.1) is 13.8 Å². The zero-order valence-corrected chi connectivity index (χ0v) is 16.2. The Morgan fingerprint density at radius 3 is 1.71 bits per heavy atom. The summed E-state index contributed by atoms with van der Waals surface area (Å²) < 4.78 is 6.43. The number of halogens is 2. The smallest absolute Gasteiger partial charge is 0.348 e. The first-order valence-corrected chi connectivity index (χ1v) is 8.81. The quantitative estimate of drug-likeness (QED) is 0.638. The average molecular weight is 456 g/mol. The molecule has 21 heavy (non-hydrogen) atoms. The van der Waals surface area contributed by atoms with E-state index in [4.69, 9.17) is 5.11 Å². The Hall–Kier alpha value is -0.700. The first-order valence-electron chi connectivity index (χ1n) is 5.59. The molecule has 0 bridgehead atoms. The largest absolute Gasteiger partial charge is 0.477 e. The third-order valence-corrected chi connectivity index (χ3v) is 6.55. The molecule has 0 amide bonds. The lowest BCUT2D eigenvalue weighted by molar-refractivity contribution is 0.0605. The second-order valence-electron chi connectivity index (χ2n) is 3.93. The van der Waals surface area contributed by atoms with E-state index in [9.17, 15) is 9.59 Å². The van der Waals surface area contributed by atoms with Crippen LogP contribution >= 0.6 is 54.5 Å². The molecule has 4 nitrogen and oxygen atoms in total. The summed E-state index contributed by atoms with van der Waals surface area (Å²) in [7, 11) is 1.38. The molecule has 2 aromatic heterocycles. The number of methoxy groups -OCH3 is 1. The third-order valence-electron chi connectivity index (χ3n) is 2.31. The van der Waals surface area contributed by atoms with E-state index in [1.807, 2.05) is 13.8 Å². The second-order valence-corrected chi connectivity index (χ2v) is 8.67. The Morgan fingerprint density at radius 2 is 1.48 bits per heavy atom. The van der Waals surface area contributed by atoms with Crippen molar-refractivity contribution >= 4 is 66.5 Å². The Balaban J connectivity index is 0.000000211. The number of ether oxygens (including phenoxy) is 1. The van der Waals surface area contributed by atoms with E-state index in [1.54, 1.807) is 12.1 Å². The fraction of sp³-hybridized carbons (Fsp3) is 0.231. The minimum atomic E-state index is -0.862. The number of hydrogen-bond acceptors (Lipinski definition) is 5. The summed E-state index contributed by atoms with van der Waals surface area (Å²) in [6.07, 6.45) is 0. The van der Waals surface area contributed by atoms with Crippen LogP contribution < -0.4 is 0 Å². The highest BCUT2D eigenvalue weighted by atomic mass is 79.9.